The standard InChI is InChI=1S/C15H17F3N4O3/c1-9(23)20-12(8-25-2)13(24)19-7-10-3-5-11(6-4-10)14(21-22-14)15(16,17)18/h3-6,12H,7-8H2,1-2H3,(H,19,24)(H,20,23)/t12-/m1/s1. The molecule has 0 saturated heterocycles. The molecule has 0 spiro atoms. The Balaban J connectivity index is 1.95. The average Bonchev–Trinajstić information content (AvgIpc) is 3.34. The van der Waals surface area contributed by atoms with Crippen LogP contribution in [-0.2, 0) is 26.5 Å². The van der Waals surface area contributed by atoms with Crippen LogP contribution in [-0.4, -0.2) is 37.7 Å². The summed E-state index contributed by atoms with van der Waals surface area (Å²) in [5, 5.41) is 11.3. The number of carbonyl (C=O) groups is 2. The fraction of sp³-hybridized carbons (Fsp3) is 0.467. The number of hydrogen-bond acceptors (Lipinski definition) is 5. The Labute approximate surface area is 141 Å². The quantitative estimate of drug-likeness (QED) is 0.776. The van der Waals surface area contributed by atoms with Crippen molar-refractivity contribution in [1.29, 1.82) is 0 Å². The van der Waals surface area contributed by atoms with E-state index in [9.17, 15) is 22.8 Å². The zero-order valence-electron chi connectivity index (χ0n) is 13.6. The average molecular weight is 358 g/mol. The summed E-state index contributed by atoms with van der Waals surface area (Å²) in [6.07, 6.45) is -4.57. The van der Waals surface area contributed by atoms with Crippen molar-refractivity contribution in [1.82, 2.24) is 10.6 Å². The van der Waals surface area contributed by atoms with Gasteiger partial charge in [0.2, 0.25) is 11.8 Å². The van der Waals surface area contributed by atoms with E-state index in [-0.39, 0.29) is 24.6 Å². The molecule has 25 heavy (non-hydrogen) atoms. The summed E-state index contributed by atoms with van der Waals surface area (Å²) in [7, 11) is 1.39. The second kappa shape index (κ2) is 7.18. The van der Waals surface area contributed by atoms with Gasteiger partial charge in [-0.3, -0.25) is 9.59 Å². The Morgan fingerprint density at radius 1 is 1.24 bits per heavy atom. The minimum atomic E-state index is -4.57. The lowest BCUT2D eigenvalue weighted by molar-refractivity contribution is -0.166. The topological polar surface area (TPSA) is 92.1 Å². The van der Waals surface area contributed by atoms with E-state index in [1.54, 1.807) is 0 Å². The van der Waals surface area contributed by atoms with Gasteiger partial charge in [-0.15, -0.1) is 10.2 Å². The molecule has 0 aromatic heterocycles. The first kappa shape index (κ1) is 18.8. The number of rotatable bonds is 7. The molecule has 2 amide bonds. The maximum atomic E-state index is 12.9. The highest BCUT2D eigenvalue weighted by Gasteiger charge is 2.65. The molecule has 1 aliphatic heterocycles. The van der Waals surface area contributed by atoms with Crippen molar-refractivity contribution in [2.45, 2.75) is 31.3 Å². The zero-order chi connectivity index (χ0) is 18.7. The number of amides is 2. The highest BCUT2D eigenvalue weighted by Crippen LogP contribution is 2.52. The largest absolute Gasteiger partial charge is 0.442 e. The first-order valence-corrected chi connectivity index (χ1v) is 7.33. The molecule has 0 fully saturated rings. The van der Waals surface area contributed by atoms with Crippen LogP contribution in [0, 0.1) is 0 Å². The lowest BCUT2D eigenvalue weighted by Crippen LogP contribution is -2.48. The number of halogens is 3. The van der Waals surface area contributed by atoms with E-state index in [0.717, 1.165) is 0 Å². The van der Waals surface area contributed by atoms with E-state index in [4.69, 9.17) is 4.74 Å². The van der Waals surface area contributed by atoms with Gasteiger partial charge in [0.1, 0.15) is 6.04 Å². The third-order valence-electron chi connectivity index (χ3n) is 3.55. The first-order chi connectivity index (χ1) is 11.7. The van der Waals surface area contributed by atoms with Crippen LogP contribution in [0.15, 0.2) is 34.5 Å². The molecule has 0 aliphatic carbocycles. The number of ether oxygens (including phenoxy) is 1. The SMILES string of the molecule is COC[C@@H](NC(C)=O)C(=O)NCc1ccc(C2(C(F)(F)F)N=N2)cc1. The molecule has 0 bridgehead atoms. The molecule has 1 aliphatic rings. The van der Waals surface area contributed by atoms with E-state index < -0.39 is 23.8 Å². The third kappa shape index (κ3) is 4.32. The van der Waals surface area contributed by atoms with Crippen molar-refractivity contribution in [3.05, 3.63) is 35.4 Å². The maximum Gasteiger partial charge on any atom is 0.442 e. The predicted octanol–water partition coefficient (Wildman–Crippen LogP) is 1.63. The van der Waals surface area contributed by atoms with Crippen LogP contribution in [0.1, 0.15) is 18.1 Å². The Morgan fingerprint density at radius 3 is 2.28 bits per heavy atom. The second-order valence-electron chi connectivity index (χ2n) is 5.49. The van der Waals surface area contributed by atoms with Gasteiger partial charge in [-0.1, -0.05) is 24.3 Å². The van der Waals surface area contributed by atoms with Crippen LogP contribution in [0.3, 0.4) is 0 Å². The van der Waals surface area contributed by atoms with Crippen LogP contribution >= 0.6 is 0 Å². The smallest absolute Gasteiger partial charge is 0.382 e. The van der Waals surface area contributed by atoms with Crippen LogP contribution in [0.25, 0.3) is 0 Å². The second-order valence-corrected chi connectivity index (χ2v) is 5.49. The summed E-state index contributed by atoms with van der Waals surface area (Å²) < 4.78 is 43.6. The van der Waals surface area contributed by atoms with Crippen LogP contribution in [0.2, 0.25) is 0 Å². The number of benzene rings is 1. The highest BCUT2D eigenvalue weighted by molar-refractivity contribution is 5.86. The van der Waals surface area contributed by atoms with Crippen LogP contribution in [0.5, 0.6) is 0 Å². The number of alkyl halides is 3. The van der Waals surface area contributed by atoms with Crippen molar-refractivity contribution in [2.75, 3.05) is 13.7 Å². The molecule has 0 unspecified atom stereocenters. The van der Waals surface area contributed by atoms with Crippen molar-refractivity contribution in [3.8, 4) is 0 Å². The Bertz CT molecular complexity index is 668. The third-order valence-corrected chi connectivity index (χ3v) is 3.55. The van der Waals surface area contributed by atoms with Crippen molar-refractivity contribution < 1.29 is 27.5 Å². The van der Waals surface area contributed by atoms with Crippen molar-refractivity contribution >= 4 is 11.8 Å². The molecular weight excluding hydrogens is 341 g/mol. The van der Waals surface area contributed by atoms with Gasteiger partial charge in [-0.2, -0.15) is 13.2 Å². The molecule has 2 N–H and O–H groups in total. The number of carbonyl (C=O) groups excluding carboxylic acids is 2. The van der Waals surface area contributed by atoms with Gasteiger partial charge in [0.05, 0.1) is 6.61 Å². The summed E-state index contributed by atoms with van der Waals surface area (Å²) in [5.41, 5.74) is -1.94. The minimum absolute atomic E-state index is 0.00145. The molecule has 0 radical (unpaired) electrons. The summed E-state index contributed by atoms with van der Waals surface area (Å²) in [6.45, 7) is 1.37. The van der Waals surface area contributed by atoms with Gasteiger partial charge >= 0.3 is 11.8 Å². The van der Waals surface area contributed by atoms with Crippen LogP contribution in [0.4, 0.5) is 13.2 Å². The fourth-order valence-corrected chi connectivity index (χ4v) is 2.20. The van der Waals surface area contributed by atoms with Crippen LogP contribution < -0.4 is 10.6 Å². The normalized spacial score (nSPS) is 16.2. The number of hydrogen-bond donors (Lipinski definition) is 2. The molecule has 1 heterocycles. The van der Waals surface area contributed by atoms with E-state index >= 15 is 0 Å². The first-order valence-electron chi connectivity index (χ1n) is 7.33. The van der Waals surface area contributed by atoms with Gasteiger partial charge in [-0.05, 0) is 5.56 Å². The monoisotopic (exact) mass is 358 g/mol. The summed E-state index contributed by atoms with van der Waals surface area (Å²) >= 11 is 0. The van der Waals surface area contributed by atoms with Gasteiger partial charge in [0, 0.05) is 26.1 Å². The van der Waals surface area contributed by atoms with Crippen molar-refractivity contribution in [2.24, 2.45) is 10.2 Å². The molecule has 2 rings (SSSR count). The Morgan fingerprint density at radius 2 is 1.84 bits per heavy atom. The summed E-state index contributed by atoms with van der Waals surface area (Å²) in [4.78, 5) is 23.1. The number of nitrogens with one attached hydrogen (secondary N) is 2. The molecular formula is C15H17F3N4O3. The zero-order valence-corrected chi connectivity index (χ0v) is 13.6. The summed E-state index contributed by atoms with van der Waals surface area (Å²) in [6, 6.07) is 4.61. The molecule has 7 nitrogen and oxygen atoms in total. The molecule has 1 aromatic rings. The molecule has 1 aromatic carbocycles. The number of nitrogens with zero attached hydrogens (tertiary/aromatic N) is 2. The lowest BCUT2D eigenvalue weighted by atomic mass is 10.0. The number of methoxy groups -OCH3 is 1. The summed E-state index contributed by atoms with van der Waals surface area (Å²) in [5.74, 6) is -0.837. The Kier molecular flexibility index (Phi) is 5.41. The van der Waals surface area contributed by atoms with E-state index in [2.05, 4.69) is 20.9 Å². The lowest BCUT2D eigenvalue weighted by Gasteiger charge is -2.17. The van der Waals surface area contributed by atoms with Gasteiger partial charge < -0.3 is 15.4 Å². The van der Waals surface area contributed by atoms with E-state index in [1.165, 1.54) is 38.3 Å². The molecule has 10 heteroatoms. The molecule has 1 atom stereocenters. The molecule has 0 saturated carbocycles. The van der Waals surface area contributed by atoms with Gasteiger partial charge in [-0.25, -0.2) is 0 Å². The fourth-order valence-electron chi connectivity index (χ4n) is 2.20. The van der Waals surface area contributed by atoms with Gasteiger partial charge in [0.25, 0.3) is 0 Å². The minimum Gasteiger partial charge on any atom is -0.382 e. The maximum absolute atomic E-state index is 12.9. The highest BCUT2D eigenvalue weighted by atomic mass is 19.4. The van der Waals surface area contributed by atoms with E-state index in [1.807, 2.05) is 0 Å². The van der Waals surface area contributed by atoms with Crippen molar-refractivity contribution in [3.63, 3.8) is 0 Å². The molecule has 136 valence electrons. The predicted molar refractivity (Wildman–Crippen MR) is 80.4 cm³/mol. The Hall–Kier alpha value is -2.49. The van der Waals surface area contributed by atoms with E-state index in [0.29, 0.717) is 5.56 Å². The van der Waals surface area contributed by atoms with Gasteiger partial charge in [0.15, 0.2) is 0 Å².